The first-order chi connectivity index (χ1) is 13.6. The topological polar surface area (TPSA) is 18.5 Å². The summed E-state index contributed by atoms with van der Waals surface area (Å²) >= 11 is 6.84. The van der Waals surface area contributed by atoms with E-state index in [-0.39, 0.29) is 5.92 Å². The Morgan fingerprint density at radius 1 is 0.929 bits per heavy atom. The number of ether oxygens (including phenoxy) is 2. The van der Waals surface area contributed by atoms with Crippen molar-refractivity contribution in [1.82, 2.24) is 0 Å². The molecule has 3 aromatic rings. The van der Waals surface area contributed by atoms with E-state index in [9.17, 15) is 0 Å². The largest absolute Gasteiger partial charge is 0.497 e. The van der Waals surface area contributed by atoms with E-state index < -0.39 is 0 Å². The first-order valence-corrected chi connectivity index (χ1v) is 9.53. The van der Waals surface area contributed by atoms with Gasteiger partial charge in [-0.05, 0) is 36.3 Å². The highest BCUT2D eigenvalue weighted by Gasteiger charge is 2.29. The number of halogens is 1. The molecule has 0 saturated heterocycles. The summed E-state index contributed by atoms with van der Waals surface area (Å²) in [4.78, 5) is 0. The molecule has 28 heavy (non-hydrogen) atoms. The predicted molar refractivity (Wildman–Crippen MR) is 115 cm³/mol. The third kappa shape index (κ3) is 3.32. The van der Waals surface area contributed by atoms with Gasteiger partial charge in [-0.3, -0.25) is 0 Å². The van der Waals surface area contributed by atoms with Crippen LogP contribution in [0.3, 0.4) is 0 Å². The van der Waals surface area contributed by atoms with Crippen molar-refractivity contribution in [3.8, 4) is 11.5 Å². The molecule has 0 unspecified atom stereocenters. The fraction of sp³-hybridized carbons (Fsp3) is 0.120. The van der Waals surface area contributed by atoms with Gasteiger partial charge in [-0.2, -0.15) is 0 Å². The number of allylic oxidation sites excluding steroid dienone is 2. The summed E-state index contributed by atoms with van der Waals surface area (Å²) in [6.45, 7) is 6.40. The molecule has 1 atom stereocenters. The van der Waals surface area contributed by atoms with Gasteiger partial charge in [0, 0.05) is 17.0 Å². The van der Waals surface area contributed by atoms with Gasteiger partial charge in [0.25, 0.3) is 0 Å². The van der Waals surface area contributed by atoms with Crippen molar-refractivity contribution in [3.63, 3.8) is 0 Å². The van der Waals surface area contributed by atoms with Crippen LogP contribution in [-0.2, 0) is 0 Å². The Labute approximate surface area is 170 Å². The molecule has 1 aliphatic heterocycles. The van der Waals surface area contributed by atoms with Crippen molar-refractivity contribution in [3.05, 3.63) is 112 Å². The second-order valence-electron chi connectivity index (χ2n) is 6.88. The molecule has 0 aromatic heterocycles. The van der Waals surface area contributed by atoms with Gasteiger partial charge in [-0.25, -0.2) is 0 Å². The van der Waals surface area contributed by atoms with E-state index in [1.54, 1.807) is 7.11 Å². The van der Waals surface area contributed by atoms with Crippen LogP contribution in [0, 0.1) is 6.92 Å². The van der Waals surface area contributed by atoms with Gasteiger partial charge in [-0.1, -0.05) is 78.3 Å². The van der Waals surface area contributed by atoms with Gasteiger partial charge in [0.15, 0.2) is 5.76 Å². The van der Waals surface area contributed by atoms with Crippen molar-refractivity contribution in [2.24, 2.45) is 0 Å². The van der Waals surface area contributed by atoms with Crippen LogP contribution < -0.4 is 9.47 Å². The van der Waals surface area contributed by atoms with Crippen molar-refractivity contribution < 1.29 is 9.47 Å². The second-order valence-corrected chi connectivity index (χ2v) is 7.26. The average molecular weight is 389 g/mol. The van der Waals surface area contributed by atoms with E-state index in [4.69, 9.17) is 21.1 Å². The molecule has 0 bridgehead atoms. The number of aryl methyl sites for hydroxylation is 1. The first-order valence-electron chi connectivity index (χ1n) is 9.15. The molecule has 1 aliphatic rings. The Kier molecular flexibility index (Phi) is 4.97. The Bertz CT molecular complexity index is 1050. The minimum absolute atomic E-state index is 0.0995. The summed E-state index contributed by atoms with van der Waals surface area (Å²) in [5.74, 6) is 2.14. The van der Waals surface area contributed by atoms with Crippen molar-refractivity contribution in [2.75, 3.05) is 7.11 Å². The Morgan fingerprint density at radius 3 is 2.29 bits per heavy atom. The van der Waals surface area contributed by atoms with Crippen LogP contribution in [0.15, 0.2) is 90.0 Å². The van der Waals surface area contributed by atoms with Gasteiger partial charge in [-0.15, -0.1) is 0 Å². The number of hydrogen-bond acceptors (Lipinski definition) is 2. The van der Waals surface area contributed by atoms with Crippen LogP contribution in [0.5, 0.6) is 11.5 Å². The number of methoxy groups -OCH3 is 1. The summed E-state index contributed by atoms with van der Waals surface area (Å²) in [5, 5.41) is 0.542. The van der Waals surface area contributed by atoms with Crippen LogP contribution in [-0.4, -0.2) is 7.11 Å². The monoisotopic (exact) mass is 388 g/mol. The SMILES string of the molecule is C=C1C(Cl)=C(c2ccc(C)cc2)Oc2ccccc2[C@H]1c1ccc(OC)cc1. The Balaban J connectivity index is 1.87. The molecule has 0 radical (unpaired) electrons. The van der Waals surface area contributed by atoms with Crippen LogP contribution in [0.1, 0.15) is 28.2 Å². The third-order valence-electron chi connectivity index (χ3n) is 5.03. The average Bonchev–Trinajstić information content (AvgIpc) is 2.84. The van der Waals surface area contributed by atoms with E-state index in [2.05, 4.69) is 31.7 Å². The second kappa shape index (κ2) is 7.57. The number of hydrogen-bond donors (Lipinski definition) is 0. The number of rotatable bonds is 3. The summed E-state index contributed by atoms with van der Waals surface area (Å²) in [6, 6.07) is 24.2. The lowest BCUT2D eigenvalue weighted by Crippen LogP contribution is -2.04. The van der Waals surface area contributed by atoms with E-state index in [1.807, 2.05) is 54.6 Å². The molecule has 0 spiro atoms. The Hall–Kier alpha value is -2.97. The Morgan fingerprint density at radius 2 is 1.61 bits per heavy atom. The molecule has 0 amide bonds. The molecule has 1 heterocycles. The highest BCUT2D eigenvalue weighted by Crippen LogP contribution is 2.46. The quantitative estimate of drug-likeness (QED) is 0.497. The zero-order valence-corrected chi connectivity index (χ0v) is 16.7. The van der Waals surface area contributed by atoms with Crippen molar-refractivity contribution in [1.29, 1.82) is 0 Å². The lowest BCUT2D eigenvalue weighted by atomic mass is 9.85. The molecule has 3 heteroatoms. The number of para-hydroxylation sites is 1. The van der Waals surface area contributed by atoms with Crippen LogP contribution in [0.4, 0.5) is 0 Å². The number of benzene rings is 3. The molecule has 3 aromatic carbocycles. The fourth-order valence-electron chi connectivity index (χ4n) is 3.49. The van der Waals surface area contributed by atoms with Crippen LogP contribution >= 0.6 is 11.6 Å². The van der Waals surface area contributed by atoms with E-state index >= 15 is 0 Å². The third-order valence-corrected chi connectivity index (χ3v) is 5.45. The lowest BCUT2D eigenvalue weighted by molar-refractivity contribution is 0.414. The maximum absolute atomic E-state index is 6.84. The molecule has 2 nitrogen and oxygen atoms in total. The minimum atomic E-state index is -0.0995. The molecule has 0 N–H and O–H groups in total. The molecule has 4 rings (SSSR count). The maximum atomic E-state index is 6.84. The van der Waals surface area contributed by atoms with E-state index in [0.29, 0.717) is 10.8 Å². The molecule has 0 fully saturated rings. The summed E-state index contributed by atoms with van der Waals surface area (Å²) in [6.07, 6.45) is 0. The standard InChI is InChI=1S/C25H21ClO2/c1-16-8-10-19(11-9-16)25-24(26)17(2)23(18-12-14-20(27-3)15-13-18)21-6-4-5-7-22(21)28-25/h4-15,23H,2H2,1,3H3/t23-/m1/s1. The minimum Gasteiger partial charge on any atom is -0.497 e. The fourth-order valence-corrected chi connectivity index (χ4v) is 3.75. The van der Waals surface area contributed by atoms with Gasteiger partial charge in [0.2, 0.25) is 0 Å². The van der Waals surface area contributed by atoms with E-state index in [0.717, 1.165) is 33.8 Å². The number of fused-ring (bicyclic) bond motifs is 1. The van der Waals surface area contributed by atoms with Gasteiger partial charge < -0.3 is 9.47 Å². The van der Waals surface area contributed by atoms with Crippen LogP contribution in [0.25, 0.3) is 5.76 Å². The summed E-state index contributed by atoms with van der Waals surface area (Å²) in [5.41, 5.74) is 5.06. The molecular weight excluding hydrogens is 368 g/mol. The summed E-state index contributed by atoms with van der Waals surface area (Å²) in [7, 11) is 1.66. The van der Waals surface area contributed by atoms with E-state index in [1.165, 1.54) is 5.56 Å². The first kappa shape index (κ1) is 18.4. The van der Waals surface area contributed by atoms with Gasteiger partial charge in [0.05, 0.1) is 12.1 Å². The highest BCUT2D eigenvalue weighted by molar-refractivity contribution is 6.35. The van der Waals surface area contributed by atoms with Crippen molar-refractivity contribution >= 4 is 17.4 Å². The molecule has 0 saturated carbocycles. The molecular formula is C25H21ClO2. The van der Waals surface area contributed by atoms with Gasteiger partial charge in [0.1, 0.15) is 11.5 Å². The maximum Gasteiger partial charge on any atom is 0.153 e. The highest BCUT2D eigenvalue weighted by atomic mass is 35.5. The van der Waals surface area contributed by atoms with Crippen molar-refractivity contribution in [2.45, 2.75) is 12.8 Å². The normalized spacial score (nSPS) is 16.2. The van der Waals surface area contributed by atoms with Crippen LogP contribution in [0.2, 0.25) is 0 Å². The predicted octanol–water partition coefficient (Wildman–Crippen LogP) is 6.69. The van der Waals surface area contributed by atoms with Gasteiger partial charge >= 0.3 is 0 Å². The zero-order chi connectivity index (χ0) is 19.7. The zero-order valence-electron chi connectivity index (χ0n) is 15.9. The molecule has 140 valence electrons. The summed E-state index contributed by atoms with van der Waals surface area (Å²) < 4.78 is 11.6. The molecule has 0 aliphatic carbocycles. The lowest BCUT2D eigenvalue weighted by Gasteiger charge is -2.19. The smallest absolute Gasteiger partial charge is 0.153 e.